The van der Waals surface area contributed by atoms with Gasteiger partial charge in [-0.25, -0.2) is 4.79 Å². The first kappa shape index (κ1) is 41.6. The van der Waals surface area contributed by atoms with Crippen molar-refractivity contribution in [3.05, 3.63) is 12.2 Å². The van der Waals surface area contributed by atoms with Crippen molar-refractivity contribution < 1.29 is 54.0 Å². The quantitative estimate of drug-likeness (QED) is 0.182. The second kappa shape index (κ2) is 14.9. The molecule has 0 aliphatic carbocycles. The summed E-state index contributed by atoms with van der Waals surface area (Å²) in [6, 6.07) is -0.588. The Bertz CT molecular complexity index is 1210. The summed E-state index contributed by atoms with van der Waals surface area (Å²) in [4.78, 5) is 14.1. The number of cyclic esters (lactones) is 1. The van der Waals surface area contributed by atoms with E-state index in [1.165, 1.54) is 6.92 Å². The summed E-state index contributed by atoms with van der Waals surface area (Å²) in [5.41, 5.74) is -4.81. The summed E-state index contributed by atoms with van der Waals surface area (Å²) >= 11 is 0. The number of aliphatic hydroxyl groups excluding tert-OH is 3. The van der Waals surface area contributed by atoms with Gasteiger partial charge in [0.25, 0.3) is 0 Å². The number of nitrogens with one attached hydrogen (secondary N) is 1. The first-order valence-electron chi connectivity index (χ1n) is 18.7. The van der Waals surface area contributed by atoms with E-state index in [2.05, 4.69) is 25.7 Å². The zero-order valence-electron chi connectivity index (χ0n) is 32.3. The van der Waals surface area contributed by atoms with E-state index in [1.807, 2.05) is 27.7 Å². The van der Waals surface area contributed by atoms with Gasteiger partial charge in [-0.15, -0.1) is 0 Å². The predicted octanol–water partition coefficient (Wildman–Crippen LogP) is 3.20. The summed E-state index contributed by atoms with van der Waals surface area (Å²) in [5, 5.41) is 60.6. The number of rotatable bonds is 2. The smallest absolute Gasteiger partial charge is 0.336 e. The van der Waals surface area contributed by atoms with Crippen LogP contribution in [0.15, 0.2) is 12.2 Å². The lowest BCUT2D eigenvalue weighted by Gasteiger charge is -2.60. The summed E-state index contributed by atoms with van der Waals surface area (Å²) < 4.78 is 33.0. The molecule has 17 atom stereocenters. The van der Waals surface area contributed by atoms with Crippen LogP contribution in [0.25, 0.3) is 0 Å². The molecule has 4 saturated heterocycles. The van der Waals surface area contributed by atoms with Crippen molar-refractivity contribution in [2.75, 3.05) is 13.2 Å². The maximum absolute atomic E-state index is 14.1. The van der Waals surface area contributed by atoms with Crippen LogP contribution in [0.2, 0.25) is 0 Å². The van der Waals surface area contributed by atoms with Crippen molar-refractivity contribution in [1.82, 2.24) is 5.32 Å². The van der Waals surface area contributed by atoms with Crippen molar-refractivity contribution in [3.63, 3.8) is 0 Å². The number of hydrogen-bond acceptors (Lipinski definition) is 12. The van der Waals surface area contributed by atoms with Crippen molar-refractivity contribution in [1.29, 1.82) is 0 Å². The molecule has 4 aliphatic heterocycles. The molecule has 12 heteroatoms. The summed E-state index contributed by atoms with van der Waals surface area (Å²) in [6.45, 7) is 24.8. The van der Waals surface area contributed by atoms with Crippen LogP contribution in [0.5, 0.6) is 0 Å². The lowest BCUT2D eigenvalue weighted by molar-refractivity contribution is -0.366. The van der Waals surface area contributed by atoms with Crippen molar-refractivity contribution in [3.8, 4) is 0 Å². The Morgan fingerprint density at radius 3 is 2.22 bits per heavy atom. The molecule has 4 fully saturated rings. The van der Waals surface area contributed by atoms with Gasteiger partial charge in [0, 0.05) is 30.9 Å². The van der Waals surface area contributed by atoms with Crippen LogP contribution >= 0.6 is 0 Å². The minimum absolute atomic E-state index is 0.0803. The third-order valence-corrected chi connectivity index (χ3v) is 13.0. The molecule has 4 heterocycles. The highest BCUT2D eigenvalue weighted by atomic mass is 16.7. The maximum Gasteiger partial charge on any atom is 0.336 e. The van der Waals surface area contributed by atoms with Crippen LogP contribution in [0, 0.1) is 29.1 Å². The number of carbonyl (C=O) groups excluding carboxylic acids is 1. The molecule has 6 N–H and O–H groups in total. The van der Waals surface area contributed by atoms with Crippen molar-refractivity contribution >= 4 is 5.97 Å². The largest absolute Gasteiger partial charge is 0.456 e. The second-order valence-electron chi connectivity index (χ2n) is 17.4. The maximum atomic E-state index is 14.1. The molecule has 0 radical (unpaired) electrons. The Balaban J connectivity index is 1.92. The number of carbonyl (C=O) groups is 1. The van der Waals surface area contributed by atoms with Gasteiger partial charge in [0.2, 0.25) is 0 Å². The number of aliphatic hydroxyl groups is 5. The molecule has 4 rings (SSSR count). The predicted molar refractivity (Wildman–Crippen MR) is 187 cm³/mol. The van der Waals surface area contributed by atoms with Crippen LogP contribution in [0.4, 0.5) is 0 Å². The van der Waals surface area contributed by atoms with Gasteiger partial charge in [0.1, 0.15) is 23.9 Å². The first-order valence-corrected chi connectivity index (χ1v) is 18.7. The van der Waals surface area contributed by atoms with Crippen molar-refractivity contribution in [2.24, 2.45) is 29.1 Å². The highest BCUT2D eigenvalue weighted by Gasteiger charge is 2.60. The van der Waals surface area contributed by atoms with Gasteiger partial charge in [-0.1, -0.05) is 41.2 Å². The summed E-state index contributed by atoms with van der Waals surface area (Å²) in [5.74, 6) is -3.53. The molecule has 4 aliphatic rings. The number of fused-ring (bicyclic) bond motifs is 6. The lowest BCUT2D eigenvalue weighted by Crippen LogP contribution is -2.64. The Kier molecular flexibility index (Phi) is 12.4. The molecular weight excluding hydrogens is 646 g/mol. The number of esters is 1. The molecule has 0 aromatic rings. The molecule has 0 spiro atoms. The molecule has 290 valence electrons. The summed E-state index contributed by atoms with van der Waals surface area (Å²) in [7, 11) is 0. The monoisotopic (exact) mass is 713 g/mol. The highest BCUT2D eigenvalue weighted by Crippen LogP contribution is 2.56. The average Bonchev–Trinajstić information content (AvgIpc) is 3.02. The van der Waals surface area contributed by atoms with Gasteiger partial charge in [-0.2, -0.15) is 0 Å². The fourth-order valence-corrected chi connectivity index (χ4v) is 9.82. The molecule has 50 heavy (non-hydrogen) atoms. The lowest BCUT2D eigenvalue weighted by atomic mass is 9.57. The molecule has 0 amide bonds. The molecular formula is C38H67NO11. The molecule has 0 saturated carbocycles. The van der Waals surface area contributed by atoms with Gasteiger partial charge in [-0.3, -0.25) is 0 Å². The SMILES string of the molecule is C=C1C(=O)O[C@H](CC)[C@@](C)(O)[C@H](O)[C@@H](C)NC[C@H](C)C[C@@](C)(O)[C@@H]2O[C@@H]3OC(C)(CC[C@H]3O)C(C)[C@]3(C)C[C@@](C)(O[C@@H](C)C3CO)O[C@H]1[C@@H]2C. The van der Waals surface area contributed by atoms with Gasteiger partial charge >= 0.3 is 5.97 Å². The molecule has 0 aromatic heterocycles. The fourth-order valence-electron chi connectivity index (χ4n) is 9.82. The Labute approximate surface area is 299 Å². The number of ether oxygens (including phenoxy) is 5. The second-order valence-corrected chi connectivity index (χ2v) is 17.4. The molecule has 6 bridgehead atoms. The Morgan fingerprint density at radius 1 is 0.980 bits per heavy atom. The van der Waals surface area contributed by atoms with Gasteiger partial charge < -0.3 is 54.5 Å². The van der Waals surface area contributed by atoms with E-state index in [-0.39, 0.29) is 42.8 Å². The van der Waals surface area contributed by atoms with Crippen LogP contribution in [-0.4, -0.2) is 116 Å². The molecule has 0 aromatic carbocycles. The van der Waals surface area contributed by atoms with Gasteiger partial charge in [0.15, 0.2) is 12.1 Å². The summed E-state index contributed by atoms with van der Waals surface area (Å²) in [6.07, 6.45) is -5.42. The van der Waals surface area contributed by atoms with Gasteiger partial charge in [-0.05, 0) is 91.0 Å². The van der Waals surface area contributed by atoms with E-state index >= 15 is 0 Å². The third kappa shape index (κ3) is 7.86. The Morgan fingerprint density at radius 2 is 1.62 bits per heavy atom. The van der Waals surface area contributed by atoms with Crippen LogP contribution < -0.4 is 5.32 Å². The fraction of sp³-hybridized carbons (Fsp3) is 0.921. The van der Waals surface area contributed by atoms with E-state index in [4.69, 9.17) is 23.7 Å². The van der Waals surface area contributed by atoms with Crippen LogP contribution in [0.3, 0.4) is 0 Å². The van der Waals surface area contributed by atoms with E-state index in [0.717, 1.165) is 0 Å². The molecule has 12 nitrogen and oxygen atoms in total. The first-order chi connectivity index (χ1) is 23.0. The minimum Gasteiger partial charge on any atom is -0.456 e. The minimum atomic E-state index is -1.82. The van der Waals surface area contributed by atoms with Crippen LogP contribution in [0.1, 0.15) is 108 Å². The Hall–Kier alpha value is -1.19. The normalized spacial score (nSPS) is 53.2. The topological polar surface area (TPSA) is 176 Å². The van der Waals surface area contributed by atoms with Crippen LogP contribution in [-0.2, 0) is 28.5 Å². The highest BCUT2D eigenvalue weighted by molar-refractivity contribution is 5.89. The average molecular weight is 714 g/mol. The van der Waals surface area contributed by atoms with Crippen molar-refractivity contribution in [2.45, 2.75) is 180 Å². The third-order valence-electron chi connectivity index (χ3n) is 13.0. The van der Waals surface area contributed by atoms with E-state index in [1.54, 1.807) is 27.7 Å². The van der Waals surface area contributed by atoms with E-state index in [9.17, 15) is 30.3 Å². The van der Waals surface area contributed by atoms with E-state index in [0.29, 0.717) is 25.8 Å². The van der Waals surface area contributed by atoms with Gasteiger partial charge in [0.05, 0.1) is 35.1 Å². The standard InChI is InChI=1S/C38H67NO11/c1-13-28-38(12,45)30(42)23(5)39-17-20(2)16-35(9,44)31-21(3)29(22(4)32(43)46-28)49-37(11)19-34(8,26(18-40)24(6)48-37)25(7)36(10)15-14-27(41)33(47-31)50-36/h20-21,23-31,33,39-42,44-45H,4,13-19H2,1-3,5-12H3/t20-,21+,23-,24+,25?,26?,27-,28-,29+,30-,31-,33-,34+,35-,36?,37+,38-/m1/s1. The van der Waals surface area contributed by atoms with E-state index < -0.39 is 88.8 Å². The number of hydrogen-bond donors (Lipinski definition) is 6. The molecule has 3 unspecified atom stereocenters. The zero-order valence-corrected chi connectivity index (χ0v) is 32.3. The zero-order chi connectivity index (χ0) is 37.8.